The second kappa shape index (κ2) is 6.32. The standard InChI is InChI=1S/C13H18BrN3O3/c1-13(2,3)11(15)7-12(18)16-8-4-5-9(14)10(6-8)17(19)20/h4-6,11H,7,15H2,1-3H3,(H,16,18). The smallest absolute Gasteiger partial charge is 0.285 e. The van der Waals surface area contributed by atoms with Gasteiger partial charge in [-0.25, -0.2) is 0 Å². The average Bonchev–Trinajstić information content (AvgIpc) is 2.29. The van der Waals surface area contributed by atoms with Gasteiger partial charge in [-0.2, -0.15) is 0 Å². The number of hydrogen-bond acceptors (Lipinski definition) is 4. The van der Waals surface area contributed by atoms with Gasteiger partial charge in [0.2, 0.25) is 5.91 Å². The van der Waals surface area contributed by atoms with Gasteiger partial charge in [-0.3, -0.25) is 14.9 Å². The van der Waals surface area contributed by atoms with Crippen molar-refractivity contribution in [2.45, 2.75) is 33.2 Å². The van der Waals surface area contributed by atoms with Crippen molar-refractivity contribution >= 4 is 33.2 Å². The number of hydrogen-bond donors (Lipinski definition) is 2. The van der Waals surface area contributed by atoms with Crippen molar-refractivity contribution in [1.82, 2.24) is 0 Å². The van der Waals surface area contributed by atoms with Crippen LogP contribution in [0.1, 0.15) is 27.2 Å². The van der Waals surface area contributed by atoms with E-state index in [1.54, 1.807) is 6.07 Å². The van der Waals surface area contributed by atoms with Gasteiger partial charge in [-0.1, -0.05) is 20.8 Å². The molecule has 0 aliphatic rings. The van der Waals surface area contributed by atoms with Gasteiger partial charge in [-0.05, 0) is 33.5 Å². The van der Waals surface area contributed by atoms with Crippen molar-refractivity contribution in [3.63, 3.8) is 0 Å². The van der Waals surface area contributed by atoms with E-state index in [2.05, 4.69) is 21.2 Å². The average molecular weight is 344 g/mol. The number of nitrogens with two attached hydrogens (primary N) is 1. The first kappa shape index (κ1) is 16.6. The summed E-state index contributed by atoms with van der Waals surface area (Å²) in [5.74, 6) is -0.260. The van der Waals surface area contributed by atoms with Crippen molar-refractivity contribution in [2.24, 2.45) is 11.1 Å². The summed E-state index contributed by atoms with van der Waals surface area (Å²) in [4.78, 5) is 22.2. The quantitative estimate of drug-likeness (QED) is 0.648. The minimum absolute atomic E-state index is 0.0945. The molecule has 0 radical (unpaired) electrons. The second-order valence-electron chi connectivity index (χ2n) is 5.65. The van der Waals surface area contributed by atoms with Crippen LogP contribution in [0.3, 0.4) is 0 Å². The molecule has 1 aromatic carbocycles. The molecule has 0 aliphatic heterocycles. The first-order valence-electron chi connectivity index (χ1n) is 6.10. The van der Waals surface area contributed by atoms with Crippen molar-refractivity contribution in [1.29, 1.82) is 0 Å². The van der Waals surface area contributed by atoms with Crippen LogP contribution in [0.2, 0.25) is 0 Å². The van der Waals surface area contributed by atoms with Crippen molar-refractivity contribution in [3.8, 4) is 0 Å². The molecule has 6 nitrogen and oxygen atoms in total. The fourth-order valence-electron chi connectivity index (χ4n) is 1.45. The summed E-state index contributed by atoms with van der Waals surface area (Å²) in [7, 11) is 0. The van der Waals surface area contributed by atoms with Gasteiger partial charge in [0.1, 0.15) is 0 Å². The third-order valence-electron chi connectivity index (χ3n) is 2.94. The lowest BCUT2D eigenvalue weighted by molar-refractivity contribution is -0.385. The van der Waals surface area contributed by atoms with E-state index in [0.29, 0.717) is 10.2 Å². The van der Waals surface area contributed by atoms with Gasteiger partial charge in [-0.15, -0.1) is 0 Å². The van der Waals surface area contributed by atoms with E-state index in [1.807, 2.05) is 20.8 Å². The third kappa shape index (κ3) is 4.57. The number of anilines is 1. The summed E-state index contributed by atoms with van der Waals surface area (Å²) in [6.07, 6.45) is 0.160. The number of amides is 1. The van der Waals surface area contributed by atoms with Crippen molar-refractivity contribution < 1.29 is 9.72 Å². The molecule has 3 N–H and O–H groups in total. The highest BCUT2D eigenvalue weighted by atomic mass is 79.9. The van der Waals surface area contributed by atoms with Crippen LogP contribution >= 0.6 is 15.9 Å². The molecule has 7 heteroatoms. The van der Waals surface area contributed by atoms with Crippen LogP contribution in [0.15, 0.2) is 22.7 Å². The molecule has 0 aromatic heterocycles. The lowest BCUT2D eigenvalue weighted by Crippen LogP contribution is -2.38. The Bertz CT molecular complexity index is 526. The number of halogens is 1. The lowest BCUT2D eigenvalue weighted by atomic mass is 9.85. The maximum Gasteiger partial charge on any atom is 0.285 e. The van der Waals surface area contributed by atoms with Crippen molar-refractivity contribution in [2.75, 3.05) is 5.32 Å². The Balaban J connectivity index is 2.77. The van der Waals surface area contributed by atoms with E-state index in [4.69, 9.17) is 5.73 Å². The number of nitrogens with zero attached hydrogens (tertiary/aromatic N) is 1. The van der Waals surface area contributed by atoms with E-state index in [0.717, 1.165) is 0 Å². The molecule has 0 saturated carbocycles. The van der Waals surface area contributed by atoms with Crippen LogP contribution in [0, 0.1) is 15.5 Å². The Labute approximate surface area is 126 Å². The van der Waals surface area contributed by atoms with E-state index in [9.17, 15) is 14.9 Å². The molecule has 110 valence electrons. The first-order chi connectivity index (χ1) is 9.11. The minimum atomic E-state index is -0.513. The highest BCUT2D eigenvalue weighted by Crippen LogP contribution is 2.28. The predicted octanol–water partition coefficient (Wildman–Crippen LogP) is 3.06. The highest BCUT2D eigenvalue weighted by Gasteiger charge is 2.23. The fraction of sp³-hybridized carbons (Fsp3) is 0.462. The SMILES string of the molecule is CC(C)(C)C(N)CC(=O)Nc1ccc(Br)c([N+](=O)[O-])c1. The topological polar surface area (TPSA) is 98.3 Å². The van der Waals surface area contributed by atoms with E-state index in [-0.39, 0.29) is 29.5 Å². The molecule has 1 amide bonds. The van der Waals surface area contributed by atoms with E-state index >= 15 is 0 Å². The Hall–Kier alpha value is -1.47. The number of carbonyl (C=O) groups is 1. The van der Waals surface area contributed by atoms with Crippen LogP contribution in [-0.4, -0.2) is 16.9 Å². The zero-order valence-corrected chi connectivity index (χ0v) is 13.2. The van der Waals surface area contributed by atoms with Crippen molar-refractivity contribution in [3.05, 3.63) is 32.8 Å². The van der Waals surface area contributed by atoms with Crippen LogP contribution in [0.25, 0.3) is 0 Å². The molecule has 20 heavy (non-hydrogen) atoms. The Morgan fingerprint density at radius 3 is 2.60 bits per heavy atom. The van der Waals surface area contributed by atoms with Gasteiger partial charge in [0.15, 0.2) is 0 Å². The van der Waals surface area contributed by atoms with Gasteiger partial charge < -0.3 is 11.1 Å². The number of nitro benzene ring substituents is 1. The highest BCUT2D eigenvalue weighted by molar-refractivity contribution is 9.10. The second-order valence-corrected chi connectivity index (χ2v) is 6.50. The molecular formula is C13H18BrN3O3. The molecule has 0 heterocycles. The summed E-state index contributed by atoms with van der Waals surface area (Å²) in [5, 5.41) is 13.4. The monoisotopic (exact) mass is 343 g/mol. The van der Waals surface area contributed by atoms with Crippen LogP contribution in [0.5, 0.6) is 0 Å². The Kier molecular flexibility index (Phi) is 5.24. The minimum Gasteiger partial charge on any atom is -0.327 e. The maximum absolute atomic E-state index is 11.9. The zero-order chi connectivity index (χ0) is 15.5. The van der Waals surface area contributed by atoms with Gasteiger partial charge in [0.05, 0.1) is 9.40 Å². The number of nitrogens with one attached hydrogen (secondary N) is 1. The molecule has 1 atom stereocenters. The molecule has 0 fully saturated rings. The molecule has 0 spiro atoms. The zero-order valence-electron chi connectivity index (χ0n) is 11.6. The number of carbonyl (C=O) groups excluding carboxylic acids is 1. The van der Waals surface area contributed by atoms with Crippen LogP contribution in [0.4, 0.5) is 11.4 Å². The Morgan fingerprint density at radius 2 is 2.10 bits per heavy atom. The molecule has 1 unspecified atom stereocenters. The molecule has 0 saturated heterocycles. The lowest BCUT2D eigenvalue weighted by Gasteiger charge is -2.26. The third-order valence-corrected chi connectivity index (χ3v) is 3.61. The van der Waals surface area contributed by atoms with E-state index in [1.165, 1.54) is 12.1 Å². The van der Waals surface area contributed by atoms with Crippen LogP contribution < -0.4 is 11.1 Å². The number of nitro groups is 1. The molecule has 0 aliphatic carbocycles. The first-order valence-corrected chi connectivity index (χ1v) is 6.90. The van der Waals surface area contributed by atoms with Crippen LogP contribution in [-0.2, 0) is 4.79 Å². The molecular weight excluding hydrogens is 326 g/mol. The molecule has 0 bridgehead atoms. The Morgan fingerprint density at radius 1 is 1.50 bits per heavy atom. The summed E-state index contributed by atoms with van der Waals surface area (Å²) in [6, 6.07) is 4.15. The number of benzene rings is 1. The number of rotatable bonds is 4. The van der Waals surface area contributed by atoms with Gasteiger partial charge in [0, 0.05) is 24.2 Å². The van der Waals surface area contributed by atoms with Gasteiger partial charge in [0.25, 0.3) is 5.69 Å². The summed E-state index contributed by atoms with van der Waals surface area (Å²) in [5.41, 5.74) is 6.04. The maximum atomic E-state index is 11.9. The molecule has 1 aromatic rings. The largest absolute Gasteiger partial charge is 0.327 e. The molecule has 1 rings (SSSR count). The van der Waals surface area contributed by atoms with Gasteiger partial charge >= 0.3 is 0 Å². The summed E-state index contributed by atoms with van der Waals surface area (Å²) in [6.45, 7) is 5.86. The summed E-state index contributed by atoms with van der Waals surface area (Å²) >= 11 is 3.09. The van der Waals surface area contributed by atoms with E-state index < -0.39 is 4.92 Å². The fourth-order valence-corrected chi connectivity index (χ4v) is 1.84. The normalized spacial score (nSPS) is 12.8. The summed E-state index contributed by atoms with van der Waals surface area (Å²) < 4.78 is 0.367. The predicted molar refractivity (Wildman–Crippen MR) is 81.5 cm³/mol.